The molecule has 1 saturated heterocycles. The summed E-state index contributed by atoms with van der Waals surface area (Å²) < 4.78 is 16.6. The van der Waals surface area contributed by atoms with E-state index < -0.39 is 0 Å². The van der Waals surface area contributed by atoms with Crippen molar-refractivity contribution in [2.45, 2.75) is 25.6 Å². The number of aromatic nitrogens is 2. The molecule has 3 heterocycles. The third kappa shape index (κ3) is 3.24. The minimum Gasteiger partial charge on any atom is -0.475 e. The molecule has 1 radical (unpaired) electrons. The van der Waals surface area contributed by atoms with Crippen molar-refractivity contribution >= 4 is 11.0 Å². The van der Waals surface area contributed by atoms with Crippen molar-refractivity contribution in [3.05, 3.63) is 24.4 Å². The van der Waals surface area contributed by atoms with Crippen LogP contribution in [-0.4, -0.2) is 36.1 Å². The van der Waals surface area contributed by atoms with Gasteiger partial charge in [0.15, 0.2) is 6.29 Å². The molecule has 0 aliphatic carbocycles. The van der Waals surface area contributed by atoms with Crippen LogP contribution in [0.25, 0.3) is 11.0 Å². The summed E-state index contributed by atoms with van der Waals surface area (Å²) in [5.41, 5.74) is 0.786. The molecule has 5 heteroatoms. The predicted molar refractivity (Wildman–Crippen MR) is 70.0 cm³/mol. The first kappa shape index (κ1) is 12.4. The molecule has 0 saturated carbocycles. The van der Waals surface area contributed by atoms with Gasteiger partial charge in [0, 0.05) is 30.3 Å². The maximum Gasteiger partial charge on any atom is 0.215 e. The maximum atomic E-state index is 5.59. The van der Waals surface area contributed by atoms with Gasteiger partial charge in [0.25, 0.3) is 0 Å². The summed E-state index contributed by atoms with van der Waals surface area (Å²) in [6, 6.07) is 6.81. The van der Waals surface area contributed by atoms with Crippen molar-refractivity contribution < 1.29 is 14.2 Å². The van der Waals surface area contributed by atoms with Gasteiger partial charge in [0.1, 0.15) is 12.3 Å². The summed E-state index contributed by atoms with van der Waals surface area (Å²) in [6.07, 6.45) is 4.96. The van der Waals surface area contributed by atoms with Crippen molar-refractivity contribution in [3.8, 4) is 5.88 Å². The van der Waals surface area contributed by atoms with Gasteiger partial charge in [-0.2, -0.15) is 4.98 Å². The first-order valence-electron chi connectivity index (χ1n) is 6.64. The van der Waals surface area contributed by atoms with Crippen LogP contribution in [0.15, 0.2) is 18.3 Å². The normalized spacial score (nSPS) is 19.7. The van der Waals surface area contributed by atoms with Crippen LogP contribution in [0.2, 0.25) is 0 Å². The smallest absolute Gasteiger partial charge is 0.215 e. The summed E-state index contributed by atoms with van der Waals surface area (Å²) in [5, 5.41) is 0.958. The summed E-state index contributed by atoms with van der Waals surface area (Å²) >= 11 is 0. The molecular weight excluding hydrogens is 244 g/mol. The molecule has 3 rings (SSSR count). The Kier molecular flexibility index (Phi) is 3.95. The second-order valence-corrected chi connectivity index (χ2v) is 4.49. The molecule has 1 unspecified atom stereocenters. The molecule has 5 nitrogen and oxygen atoms in total. The second-order valence-electron chi connectivity index (χ2n) is 4.49. The third-order valence-electron chi connectivity index (χ3n) is 3.08. The van der Waals surface area contributed by atoms with Crippen LogP contribution < -0.4 is 4.74 Å². The highest BCUT2D eigenvalue weighted by atomic mass is 16.7. The molecule has 101 valence electrons. The molecule has 1 aliphatic rings. The highest BCUT2D eigenvalue weighted by Crippen LogP contribution is 2.15. The van der Waals surface area contributed by atoms with E-state index in [0.717, 1.165) is 30.5 Å². The van der Waals surface area contributed by atoms with Gasteiger partial charge in [-0.3, -0.25) is 0 Å². The van der Waals surface area contributed by atoms with Crippen LogP contribution in [0.1, 0.15) is 19.3 Å². The van der Waals surface area contributed by atoms with Crippen molar-refractivity contribution in [3.63, 3.8) is 0 Å². The zero-order chi connectivity index (χ0) is 12.9. The fourth-order valence-corrected chi connectivity index (χ4v) is 2.10. The van der Waals surface area contributed by atoms with Crippen LogP contribution in [-0.2, 0) is 9.47 Å². The molecule has 0 aromatic carbocycles. The maximum absolute atomic E-state index is 5.59. The topological polar surface area (TPSA) is 56.4 Å². The molecular formula is C14H17N2O3. The van der Waals surface area contributed by atoms with E-state index in [4.69, 9.17) is 14.2 Å². The van der Waals surface area contributed by atoms with Gasteiger partial charge >= 0.3 is 0 Å². The largest absolute Gasteiger partial charge is 0.475 e. The van der Waals surface area contributed by atoms with E-state index in [1.54, 1.807) is 6.20 Å². The number of aromatic amines is 1. The minimum absolute atomic E-state index is 0.0641. The Morgan fingerprint density at radius 2 is 2.37 bits per heavy atom. The lowest BCUT2D eigenvalue weighted by atomic mass is 10.2. The number of nitrogens with zero attached hydrogens (tertiary/aromatic N) is 1. The average molecular weight is 261 g/mol. The Hall–Kier alpha value is -1.59. The quantitative estimate of drug-likeness (QED) is 0.839. The molecule has 2 aromatic rings. The van der Waals surface area contributed by atoms with E-state index in [1.807, 2.05) is 12.1 Å². The number of fused-ring (bicyclic) bond motifs is 1. The summed E-state index contributed by atoms with van der Waals surface area (Å²) in [4.78, 5) is 7.33. The summed E-state index contributed by atoms with van der Waals surface area (Å²) in [5.74, 6) is 0.594. The SMILES string of the molecule is [c]1c[nH]c2nc(OCCOC3CCCCO3)ccc12. The zero-order valence-electron chi connectivity index (χ0n) is 10.7. The molecule has 0 bridgehead atoms. The molecule has 19 heavy (non-hydrogen) atoms. The lowest BCUT2D eigenvalue weighted by Gasteiger charge is -2.22. The van der Waals surface area contributed by atoms with Crippen LogP contribution in [0.4, 0.5) is 0 Å². The fourth-order valence-electron chi connectivity index (χ4n) is 2.10. The molecule has 1 atom stereocenters. The summed E-state index contributed by atoms with van der Waals surface area (Å²) in [6.45, 7) is 1.79. The number of hydrogen-bond donors (Lipinski definition) is 1. The minimum atomic E-state index is -0.0641. The van der Waals surface area contributed by atoms with Gasteiger partial charge < -0.3 is 19.2 Å². The Bertz CT molecular complexity index is 520. The van der Waals surface area contributed by atoms with Gasteiger partial charge in [0.2, 0.25) is 5.88 Å². The number of nitrogens with one attached hydrogen (secondary N) is 1. The van der Waals surface area contributed by atoms with E-state index in [1.165, 1.54) is 6.42 Å². The number of pyridine rings is 1. The van der Waals surface area contributed by atoms with Crippen molar-refractivity contribution in [2.24, 2.45) is 0 Å². The highest BCUT2D eigenvalue weighted by Gasteiger charge is 2.13. The van der Waals surface area contributed by atoms with Crippen LogP contribution in [0.3, 0.4) is 0 Å². The number of rotatable bonds is 5. The van der Waals surface area contributed by atoms with E-state index in [0.29, 0.717) is 19.1 Å². The standard InChI is InChI=1S/C14H17N2O3/c1-2-8-18-13(3-1)19-10-9-17-12-5-4-11-6-7-15-14(11)16-12/h4-5,7,13H,1-3,8-10H2,(H,15,16). The van der Waals surface area contributed by atoms with Crippen molar-refractivity contribution in [1.29, 1.82) is 0 Å². The van der Waals surface area contributed by atoms with Crippen LogP contribution in [0, 0.1) is 6.07 Å². The second kappa shape index (κ2) is 6.04. The molecule has 1 aliphatic heterocycles. The Balaban J connectivity index is 1.43. The fraction of sp³-hybridized carbons (Fsp3) is 0.500. The molecule has 0 amide bonds. The number of H-pyrrole nitrogens is 1. The molecule has 1 N–H and O–H groups in total. The van der Waals surface area contributed by atoms with Gasteiger partial charge in [-0.1, -0.05) is 0 Å². The van der Waals surface area contributed by atoms with Crippen LogP contribution >= 0.6 is 0 Å². The van der Waals surface area contributed by atoms with E-state index in [9.17, 15) is 0 Å². The van der Waals surface area contributed by atoms with E-state index in [2.05, 4.69) is 16.0 Å². The first-order valence-corrected chi connectivity index (χ1v) is 6.64. The lowest BCUT2D eigenvalue weighted by Crippen LogP contribution is -2.24. The highest BCUT2D eigenvalue weighted by molar-refractivity contribution is 5.74. The van der Waals surface area contributed by atoms with Gasteiger partial charge in [0.05, 0.1) is 6.61 Å². The molecule has 0 spiro atoms. The Morgan fingerprint density at radius 1 is 1.37 bits per heavy atom. The van der Waals surface area contributed by atoms with Gasteiger partial charge in [-0.15, -0.1) is 0 Å². The van der Waals surface area contributed by atoms with Crippen molar-refractivity contribution in [2.75, 3.05) is 19.8 Å². The summed E-state index contributed by atoms with van der Waals surface area (Å²) in [7, 11) is 0. The monoisotopic (exact) mass is 261 g/mol. The van der Waals surface area contributed by atoms with E-state index in [-0.39, 0.29) is 6.29 Å². The number of hydrogen-bond acceptors (Lipinski definition) is 4. The van der Waals surface area contributed by atoms with Gasteiger partial charge in [-0.05, 0) is 25.3 Å². The van der Waals surface area contributed by atoms with Gasteiger partial charge in [-0.25, -0.2) is 0 Å². The zero-order valence-corrected chi connectivity index (χ0v) is 10.7. The van der Waals surface area contributed by atoms with Crippen LogP contribution in [0.5, 0.6) is 5.88 Å². The molecule has 2 aromatic heterocycles. The average Bonchev–Trinajstić information content (AvgIpc) is 2.92. The Labute approximate surface area is 111 Å². The first-order chi connectivity index (χ1) is 9.42. The van der Waals surface area contributed by atoms with E-state index >= 15 is 0 Å². The Morgan fingerprint density at radius 3 is 3.26 bits per heavy atom. The van der Waals surface area contributed by atoms with Crippen molar-refractivity contribution in [1.82, 2.24) is 9.97 Å². The molecule has 1 fully saturated rings. The number of ether oxygens (including phenoxy) is 3. The third-order valence-corrected chi connectivity index (χ3v) is 3.08. The lowest BCUT2D eigenvalue weighted by molar-refractivity contribution is -0.165. The predicted octanol–water partition coefficient (Wildman–Crippen LogP) is 2.29.